The van der Waals surface area contributed by atoms with Gasteiger partial charge < -0.3 is 14.0 Å². The van der Waals surface area contributed by atoms with Crippen molar-refractivity contribution in [2.24, 2.45) is 5.92 Å². The second-order valence-corrected chi connectivity index (χ2v) is 27.9. The summed E-state index contributed by atoms with van der Waals surface area (Å²) in [7, 11) is -1.74. The van der Waals surface area contributed by atoms with Crippen molar-refractivity contribution in [3.05, 3.63) is 142 Å². The number of aryl methyl sites for hydroxylation is 2. The fraction of sp³-hybridized carbons (Fsp3) is 0.397. The smallest absolute Gasteiger partial charge is 0.216 e. The summed E-state index contributed by atoms with van der Waals surface area (Å²) in [6.45, 7) is 28.1. The molecule has 1 aliphatic carbocycles. The van der Waals surface area contributed by atoms with Gasteiger partial charge in [-0.05, 0) is 101 Å². The van der Waals surface area contributed by atoms with Crippen LogP contribution in [-0.2, 0) is 25.5 Å². The van der Waals surface area contributed by atoms with Gasteiger partial charge in [0.15, 0.2) is 0 Å². The van der Waals surface area contributed by atoms with Crippen molar-refractivity contribution in [3.63, 3.8) is 0 Å². The number of pyridine rings is 3. The number of hydrogen-bond acceptors (Lipinski definition) is 5. The van der Waals surface area contributed by atoms with E-state index in [1.165, 1.54) is 60.2 Å². The Morgan fingerprint density at radius 3 is 2.11 bits per heavy atom. The average molecular weight is 1160 g/mol. The number of rotatable bonds is 9. The second kappa shape index (κ2) is 20.5. The summed E-state index contributed by atoms with van der Waals surface area (Å²) in [4.78, 5) is 20.1. The molecule has 377 valence electrons. The van der Waals surface area contributed by atoms with Crippen molar-refractivity contribution in [1.82, 2.24) is 24.5 Å². The predicted octanol–water partition coefficient (Wildman–Crippen LogP) is 17.1. The van der Waals surface area contributed by atoms with E-state index in [1.54, 1.807) is 26.1 Å². The van der Waals surface area contributed by atoms with E-state index >= 15 is 0 Å². The molecule has 9 heteroatoms. The van der Waals surface area contributed by atoms with Crippen LogP contribution in [0.5, 0.6) is 0 Å². The van der Waals surface area contributed by atoms with Crippen molar-refractivity contribution in [2.45, 2.75) is 157 Å². The minimum absolute atomic E-state index is 0. The Hall–Kier alpha value is -5.34. The summed E-state index contributed by atoms with van der Waals surface area (Å²) in [5, 5.41) is 4.21. The number of fused-ring (bicyclic) bond motifs is 6. The maximum absolute atomic E-state index is 14.7. The Morgan fingerprint density at radius 1 is 0.806 bits per heavy atom. The number of aromatic nitrogens is 5. The molecule has 1 unspecified atom stereocenters. The average Bonchev–Trinajstić information content (AvgIpc) is 4.10. The predicted molar refractivity (Wildman–Crippen MR) is 298 cm³/mol. The molecule has 0 amide bonds. The third kappa shape index (κ3) is 10.0. The van der Waals surface area contributed by atoms with E-state index in [0.717, 1.165) is 71.8 Å². The van der Waals surface area contributed by atoms with E-state index in [2.05, 4.69) is 158 Å². The van der Waals surface area contributed by atoms with Crippen LogP contribution in [0.2, 0.25) is 19.6 Å². The molecule has 0 saturated heterocycles. The molecule has 1 fully saturated rings. The first-order valence-corrected chi connectivity index (χ1v) is 29.1. The van der Waals surface area contributed by atoms with Crippen molar-refractivity contribution in [3.8, 4) is 28.3 Å². The van der Waals surface area contributed by atoms with E-state index in [1.807, 2.05) is 6.07 Å². The molecule has 6 nitrogen and oxygen atoms in total. The summed E-state index contributed by atoms with van der Waals surface area (Å²) in [6, 6.07) is 32.6. The molecule has 0 N–H and O–H groups in total. The van der Waals surface area contributed by atoms with Crippen LogP contribution < -0.4 is 5.19 Å². The molecular weight excluding hydrogens is 1080 g/mol. The Morgan fingerprint density at radius 2 is 1.47 bits per heavy atom. The zero-order chi connectivity index (χ0) is 54.3. The second-order valence-electron chi connectivity index (χ2n) is 22.9. The molecule has 1 atom stereocenters. The molecule has 0 aliphatic heterocycles. The van der Waals surface area contributed by atoms with Crippen LogP contribution in [0.3, 0.4) is 0 Å². The Labute approximate surface area is 447 Å². The van der Waals surface area contributed by atoms with Gasteiger partial charge in [-0.2, -0.15) is 0 Å². The van der Waals surface area contributed by atoms with Gasteiger partial charge in [-0.1, -0.05) is 167 Å². The first-order valence-electron chi connectivity index (χ1n) is 27.6. The van der Waals surface area contributed by atoms with E-state index in [4.69, 9.17) is 24.9 Å². The molecule has 10 rings (SSSR count). The molecule has 1 saturated carbocycles. The fourth-order valence-corrected chi connectivity index (χ4v) is 12.1. The van der Waals surface area contributed by atoms with Crippen LogP contribution >= 0.6 is 0 Å². The van der Waals surface area contributed by atoms with Gasteiger partial charge >= 0.3 is 0 Å². The van der Waals surface area contributed by atoms with Crippen LogP contribution in [0.4, 0.5) is 4.39 Å². The van der Waals surface area contributed by atoms with E-state index in [9.17, 15) is 4.39 Å². The van der Waals surface area contributed by atoms with Gasteiger partial charge in [0.25, 0.3) is 0 Å². The number of hydrogen-bond donors (Lipinski definition) is 0. The Bertz CT molecular complexity index is 3600. The van der Waals surface area contributed by atoms with E-state index < -0.39 is 26.6 Å². The summed E-state index contributed by atoms with van der Waals surface area (Å²) in [5.41, 5.74) is 13.2. The largest absolute Gasteiger partial charge is 0.486 e. The van der Waals surface area contributed by atoms with Crippen LogP contribution in [0.15, 0.2) is 89.5 Å². The Balaban J connectivity index is 0.000000249. The standard InChI is InChI=1S/C45H49N4O.C18H23FNSi.Ir/c1-25(2)35-23-31(45(7,8)9)24-36(26(3)4)40(35)49-41-38(21-19-30-18-17-27(5)46-39(30)41)47-43(49)34-16-12-15-32-33-20-22-37(48-44(33)50-42(32)34)28(6)29-13-10-11-14-29;1-12(2)15-10-16(20-11-17(15)21(4,5)6)14-9-7-8-13(3)18(14)19;/h12,15,17-26,28-29H,10-11,13-14H2,1-9H3;7-8,10-12H,1-6H3;/q2*-1;/i;3D3,12D;. The molecule has 0 bridgehead atoms. The minimum Gasteiger partial charge on any atom is -0.486 e. The number of halogens is 1. The Kier molecular flexibility index (Phi) is 13.6. The molecule has 9 aromatic rings. The zero-order valence-electron chi connectivity index (χ0n) is 48.6. The molecule has 1 radical (unpaired) electrons. The molecule has 5 heterocycles. The fourth-order valence-electron chi connectivity index (χ4n) is 10.5. The maximum atomic E-state index is 14.7. The minimum atomic E-state index is -2.54. The van der Waals surface area contributed by atoms with E-state index in [0.29, 0.717) is 23.2 Å². The summed E-state index contributed by atoms with van der Waals surface area (Å²) < 4.78 is 54.8. The first kappa shape index (κ1) is 47.6. The third-order valence-corrected chi connectivity index (χ3v) is 16.7. The number of imidazole rings is 1. The van der Waals surface area contributed by atoms with Crippen molar-refractivity contribution in [2.75, 3.05) is 0 Å². The monoisotopic (exact) mass is 1160 g/mol. The first-order chi connectivity index (χ1) is 35.1. The van der Waals surface area contributed by atoms with Crippen molar-refractivity contribution < 1.29 is 34.4 Å². The van der Waals surface area contributed by atoms with Gasteiger partial charge in [-0.15, -0.1) is 36.4 Å². The van der Waals surface area contributed by atoms with Crippen LogP contribution in [0, 0.1) is 37.6 Å². The molecule has 1 aliphatic rings. The molecular formula is C63H72FIrN5OSi-2. The molecule has 5 aromatic heterocycles. The summed E-state index contributed by atoms with van der Waals surface area (Å²) >= 11 is 0. The summed E-state index contributed by atoms with van der Waals surface area (Å²) in [6.07, 6.45) is 6.92. The van der Waals surface area contributed by atoms with Gasteiger partial charge in [0.2, 0.25) is 5.71 Å². The molecule has 0 spiro atoms. The van der Waals surface area contributed by atoms with Gasteiger partial charge in [-0.3, -0.25) is 14.4 Å². The van der Waals surface area contributed by atoms with Gasteiger partial charge in [0.05, 0.1) is 36.0 Å². The van der Waals surface area contributed by atoms with Gasteiger partial charge in [0, 0.05) is 71.4 Å². The quantitative estimate of drug-likeness (QED) is 0.106. The summed E-state index contributed by atoms with van der Waals surface area (Å²) in [5.74, 6) is 0.762. The maximum Gasteiger partial charge on any atom is 0.216 e. The normalized spacial score (nSPS) is 15.2. The molecule has 4 aromatic carbocycles. The number of nitrogens with zero attached hydrogens (tertiary/aromatic N) is 5. The third-order valence-electron chi connectivity index (χ3n) is 14.7. The van der Waals surface area contributed by atoms with Crippen LogP contribution in [0.25, 0.3) is 72.3 Å². The van der Waals surface area contributed by atoms with Gasteiger partial charge in [0.1, 0.15) is 0 Å². The number of benzene rings is 4. The molecule has 72 heavy (non-hydrogen) atoms. The van der Waals surface area contributed by atoms with Crippen molar-refractivity contribution >= 4 is 57.3 Å². The van der Waals surface area contributed by atoms with Crippen LogP contribution in [0.1, 0.15) is 163 Å². The van der Waals surface area contributed by atoms with Crippen molar-refractivity contribution in [1.29, 1.82) is 0 Å². The van der Waals surface area contributed by atoms with Gasteiger partial charge in [-0.25, -0.2) is 4.98 Å². The zero-order valence-corrected chi connectivity index (χ0v) is 48.0. The van der Waals surface area contributed by atoms with Crippen LogP contribution in [-0.4, -0.2) is 32.6 Å². The SMILES string of the molecule is Cc1ccc2ccc3nc(-c4[c-]ccc5c4oc4nc(C(C)C6CCCC6)ccc45)n(-c4c(C(C)C)cc(C(C)(C)C)cc4C(C)C)c3c2n1.[2H]C([2H])([2H])c1cc[c-]c(-c2cc(C([2H])(C)C)c([Si](C)(C)C)cn2)c1F.[Ir]. The topological polar surface area (TPSA) is 69.6 Å². The van der Waals surface area contributed by atoms with E-state index in [-0.39, 0.29) is 48.5 Å². The number of furan rings is 1.